The number of fused-ring (bicyclic) bond motifs is 1. The molecule has 1 N–H and O–H groups in total. The molecule has 0 radical (unpaired) electrons. The zero-order chi connectivity index (χ0) is 11.3. The molecule has 2 saturated heterocycles. The molecule has 3 rings (SSSR count). The molecule has 0 aromatic heterocycles. The molecule has 3 aliphatic heterocycles. The van der Waals surface area contributed by atoms with E-state index in [1.165, 1.54) is 28.4 Å². The number of nitrogens with zero attached hydrogens (tertiary/aromatic N) is 1. The second kappa shape index (κ2) is 5.54. The fourth-order valence-corrected chi connectivity index (χ4v) is 4.41. The quantitative estimate of drug-likeness (QED) is 0.449. The Labute approximate surface area is 149 Å². The number of carboxylic acid groups (broad SMARTS) is 1. The molecule has 0 aromatic rings. The van der Waals surface area contributed by atoms with Gasteiger partial charge in [-0.1, -0.05) is 11.8 Å². The van der Waals surface area contributed by atoms with Gasteiger partial charge in [0.2, 0.25) is 5.91 Å². The van der Waals surface area contributed by atoms with Crippen LogP contribution in [0, 0.1) is 0 Å². The number of ether oxygens (including phenoxy) is 1. The summed E-state index contributed by atoms with van der Waals surface area (Å²) in [5, 5.41) is 9.11. The molecule has 0 bridgehead atoms. The molecule has 3 heterocycles. The van der Waals surface area contributed by atoms with Crippen molar-refractivity contribution < 1.29 is 19.4 Å². The average molecular weight is 299 g/mol. The summed E-state index contributed by atoms with van der Waals surface area (Å²) >= 11 is 2.97. The number of carboxylic acids is 1. The van der Waals surface area contributed by atoms with Crippen molar-refractivity contribution in [3.8, 4) is 0 Å². The minimum absolute atomic E-state index is 0. The maximum absolute atomic E-state index is 11.3. The van der Waals surface area contributed by atoms with E-state index in [-0.39, 0.29) is 74.5 Å². The van der Waals surface area contributed by atoms with Crippen molar-refractivity contribution in [3.05, 3.63) is 9.93 Å². The van der Waals surface area contributed by atoms with E-state index in [1.54, 1.807) is 0 Å². The Morgan fingerprint density at radius 1 is 1.65 bits per heavy atom. The minimum atomic E-state index is -1.01. The van der Waals surface area contributed by atoms with Crippen LogP contribution in [0.15, 0.2) is 9.93 Å². The van der Waals surface area contributed by atoms with Crippen molar-refractivity contribution in [2.75, 3.05) is 12.4 Å². The zero-order valence-corrected chi connectivity index (χ0v) is 9.84. The number of carbonyl (C=O) groups excluding carboxylic acids is 1. The van der Waals surface area contributed by atoms with Crippen molar-refractivity contribution in [2.45, 2.75) is 17.9 Å². The Balaban J connectivity index is 0.00000108. The number of thioether (sulfide) groups is 2. The molecule has 1 amide bonds. The number of epoxide rings is 1. The molecule has 0 spiro atoms. The number of amides is 1. The Bertz CT molecular complexity index is 410. The molecular formula is C9H10KNO4S2. The van der Waals surface area contributed by atoms with Crippen LogP contribution in [-0.4, -0.2) is 97.1 Å². The summed E-state index contributed by atoms with van der Waals surface area (Å²) in [6.45, 7) is 0.763. The van der Waals surface area contributed by atoms with Gasteiger partial charge < -0.3 is 9.84 Å². The number of carbonyl (C=O) groups is 2. The van der Waals surface area contributed by atoms with Crippen LogP contribution in [0.5, 0.6) is 0 Å². The Morgan fingerprint density at radius 2 is 2.35 bits per heavy atom. The van der Waals surface area contributed by atoms with Crippen LogP contribution in [0.2, 0.25) is 0 Å². The first-order valence-corrected chi connectivity index (χ1v) is 6.74. The predicted octanol–water partition coefficient (Wildman–Crippen LogP) is 0.0288. The number of hydrogen-bond acceptors (Lipinski definition) is 5. The molecule has 17 heavy (non-hydrogen) atoms. The molecule has 0 aromatic carbocycles. The molecular weight excluding hydrogens is 289 g/mol. The molecule has 2 unspecified atom stereocenters. The third-order valence-corrected chi connectivity index (χ3v) is 5.28. The van der Waals surface area contributed by atoms with Crippen LogP contribution in [0.1, 0.15) is 6.42 Å². The van der Waals surface area contributed by atoms with Gasteiger partial charge in [-0.3, -0.25) is 9.69 Å². The van der Waals surface area contributed by atoms with Crippen LogP contribution in [-0.2, 0) is 14.3 Å². The maximum atomic E-state index is 11.3. The fraction of sp³-hybridized carbons (Fsp3) is 0.556. The van der Waals surface area contributed by atoms with Gasteiger partial charge in [0.25, 0.3) is 0 Å². The van der Waals surface area contributed by atoms with E-state index < -0.39 is 5.97 Å². The predicted molar refractivity (Wildman–Crippen MR) is 66.9 cm³/mol. The third-order valence-electron chi connectivity index (χ3n) is 2.59. The Kier molecular flexibility index (Phi) is 4.69. The van der Waals surface area contributed by atoms with Gasteiger partial charge in [0.15, 0.2) is 5.70 Å². The summed E-state index contributed by atoms with van der Waals surface area (Å²) in [5.74, 6) is -0.330. The van der Waals surface area contributed by atoms with Gasteiger partial charge in [0.05, 0.1) is 28.7 Å². The first kappa shape index (κ1) is 14.4. The van der Waals surface area contributed by atoms with Crippen molar-refractivity contribution in [3.63, 3.8) is 0 Å². The Hall–Kier alpha value is 0.976. The molecule has 8 heteroatoms. The van der Waals surface area contributed by atoms with Gasteiger partial charge in [0.1, 0.15) is 0 Å². The summed E-state index contributed by atoms with van der Waals surface area (Å²) in [6.07, 6.45) is 0.711. The summed E-state index contributed by atoms with van der Waals surface area (Å²) in [7, 11) is 0. The first-order chi connectivity index (χ1) is 7.66. The molecule has 0 aliphatic carbocycles. The van der Waals surface area contributed by atoms with Crippen molar-refractivity contribution in [1.29, 1.82) is 0 Å². The summed E-state index contributed by atoms with van der Waals surface area (Å²) in [4.78, 5) is 23.8. The van der Waals surface area contributed by atoms with E-state index >= 15 is 0 Å². The van der Waals surface area contributed by atoms with E-state index in [9.17, 15) is 9.59 Å². The topological polar surface area (TPSA) is 70.1 Å². The zero-order valence-electron chi connectivity index (χ0n) is 8.21. The van der Waals surface area contributed by atoms with E-state index in [2.05, 4.69) is 0 Å². The van der Waals surface area contributed by atoms with Crippen LogP contribution in [0.25, 0.3) is 0 Å². The summed E-state index contributed by atoms with van der Waals surface area (Å²) in [5.41, 5.74) is 0.164. The molecule has 0 saturated carbocycles. The second-order valence-corrected chi connectivity index (χ2v) is 6.22. The first-order valence-electron chi connectivity index (χ1n) is 4.87. The van der Waals surface area contributed by atoms with Gasteiger partial charge in [-0.25, -0.2) is 4.79 Å². The van der Waals surface area contributed by atoms with Gasteiger partial charge in [-0.05, 0) is 0 Å². The molecule has 2 atom stereocenters. The summed E-state index contributed by atoms with van der Waals surface area (Å²) in [6, 6.07) is 0. The van der Waals surface area contributed by atoms with Gasteiger partial charge in [-0.15, -0.1) is 11.8 Å². The normalized spacial score (nSPS) is 29.6. The number of aliphatic carboxylic acids is 1. The van der Waals surface area contributed by atoms with Gasteiger partial charge in [0, 0.05) is 5.75 Å². The molecule has 2 fully saturated rings. The van der Waals surface area contributed by atoms with Gasteiger partial charge in [-0.2, -0.15) is 0 Å². The van der Waals surface area contributed by atoms with Crippen molar-refractivity contribution in [2.24, 2.45) is 0 Å². The molecule has 88 valence electrons. The van der Waals surface area contributed by atoms with Gasteiger partial charge >= 0.3 is 57.4 Å². The fourth-order valence-electron chi connectivity index (χ4n) is 1.65. The third kappa shape index (κ3) is 2.78. The number of rotatable bonds is 4. The molecule has 3 aliphatic rings. The van der Waals surface area contributed by atoms with E-state index in [0.29, 0.717) is 6.42 Å². The van der Waals surface area contributed by atoms with Crippen LogP contribution in [0.4, 0.5) is 0 Å². The van der Waals surface area contributed by atoms with E-state index in [1.807, 2.05) is 0 Å². The van der Waals surface area contributed by atoms with E-state index in [0.717, 1.165) is 16.6 Å². The van der Waals surface area contributed by atoms with E-state index in [4.69, 9.17) is 9.84 Å². The average Bonchev–Trinajstić information content (AvgIpc) is 2.98. The standard InChI is InChI=1S/C9H9NO4S2.K.H/c11-5-1-6-10(5)7(8(12)13)9(16-6)15-3-4-2-14-4;;/h4,6H,1-3H2,(H,12,13);;. The number of β-lactam (4-membered cyclic amide) rings is 1. The van der Waals surface area contributed by atoms with Crippen molar-refractivity contribution in [1.82, 2.24) is 4.90 Å². The molecule has 5 nitrogen and oxygen atoms in total. The van der Waals surface area contributed by atoms with Crippen molar-refractivity contribution >= 4 is 86.8 Å². The van der Waals surface area contributed by atoms with Crippen LogP contribution >= 0.6 is 23.5 Å². The number of hydrogen-bond donors (Lipinski definition) is 1. The Morgan fingerprint density at radius 3 is 2.88 bits per heavy atom. The van der Waals surface area contributed by atoms with Crippen LogP contribution in [0.3, 0.4) is 0 Å². The monoisotopic (exact) mass is 299 g/mol. The SMILES string of the molecule is O=C(O)C1=C(SCC2CO2)SC2CC(=O)N12.[KH]. The second-order valence-electron chi connectivity index (χ2n) is 3.75. The van der Waals surface area contributed by atoms with Crippen LogP contribution < -0.4 is 0 Å². The summed E-state index contributed by atoms with van der Waals surface area (Å²) < 4.78 is 5.82.